The average Bonchev–Trinajstić information content (AvgIpc) is 2.91. The highest BCUT2D eigenvalue weighted by Gasteiger charge is 2.31. The number of rotatable bonds is 5. The molecule has 0 saturated carbocycles. The maximum absolute atomic E-state index is 12.3. The van der Waals surface area contributed by atoms with Gasteiger partial charge >= 0.3 is 0 Å². The molecule has 2 fully saturated rings. The van der Waals surface area contributed by atoms with Crippen LogP contribution in [-0.2, 0) is 16.0 Å². The zero-order valence-corrected chi connectivity index (χ0v) is 13.2. The lowest BCUT2D eigenvalue weighted by Gasteiger charge is -2.20. The van der Waals surface area contributed by atoms with Crippen molar-refractivity contribution in [3.8, 4) is 0 Å². The molecule has 2 aliphatic rings. The highest BCUT2D eigenvalue weighted by molar-refractivity contribution is 5.77. The summed E-state index contributed by atoms with van der Waals surface area (Å²) in [4.78, 5) is 14.3. The van der Waals surface area contributed by atoms with Crippen molar-refractivity contribution < 1.29 is 9.53 Å². The maximum Gasteiger partial charge on any atom is 0.248 e. The Bertz CT molecular complexity index is 463. The molecule has 2 saturated heterocycles. The number of nitrogens with zero attached hydrogens (tertiary/aromatic N) is 1. The fourth-order valence-electron chi connectivity index (χ4n) is 3.55. The molecule has 3 rings (SSSR count). The third-order valence-corrected chi connectivity index (χ3v) is 4.98. The summed E-state index contributed by atoms with van der Waals surface area (Å²) in [5.74, 6) is 1.68. The highest BCUT2D eigenvalue weighted by atomic mass is 16.5. The van der Waals surface area contributed by atoms with Crippen LogP contribution in [0.5, 0.6) is 0 Å². The number of benzene rings is 1. The molecule has 2 atom stereocenters. The first-order chi connectivity index (χ1) is 10.8. The average molecular weight is 302 g/mol. The minimum absolute atomic E-state index is 0.154. The Morgan fingerprint density at radius 2 is 1.82 bits per heavy atom. The predicted octanol–water partition coefficient (Wildman–Crippen LogP) is 1.70. The fourth-order valence-corrected chi connectivity index (χ4v) is 3.55. The zero-order valence-electron chi connectivity index (χ0n) is 13.2. The molecule has 4 nitrogen and oxygen atoms in total. The normalized spacial score (nSPS) is 24.8. The van der Waals surface area contributed by atoms with E-state index in [1.54, 1.807) is 0 Å². The number of fused-ring (bicyclic) bond motifs is 1. The summed E-state index contributed by atoms with van der Waals surface area (Å²) in [7, 11) is 0. The van der Waals surface area contributed by atoms with Crippen LogP contribution in [0.15, 0.2) is 30.3 Å². The van der Waals surface area contributed by atoms with Crippen LogP contribution in [-0.4, -0.2) is 50.2 Å². The van der Waals surface area contributed by atoms with Gasteiger partial charge in [-0.15, -0.1) is 0 Å². The quantitative estimate of drug-likeness (QED) is 0.842. The summed E-state index contributed by atoms with van der Waals surface area (Å²) in [5, 5.41) is 3.47. The van der Waals surface area contributed by atoms with Gasteiger partial charge < -0.3 is 15.0 Å². The molecule has 1 aromatic carbocycles. The van der Waals surface area contributed by atoms with Gasteiger partial charge in [0.1, 0.15) is 6.61 Å². The van der Waals surface area contributed by atoms with E-state index >= 15 is 0 Å². The molecule has 2 aliphatic heterocycles. The number of hydrogen-bond acceptors (Lipinski definition) is 3. The predicted molar refractivity (Wildman–Crippen MR) is 86.6 cm³/mol. The molecule has 120 valence electrons. The third-order valence-electron chi connectivity index (χ3n) is 4.98. The summed E-state index contributed by atoms with van der Waals surface area (Å²) in [5.41, 5.74) is 1.25. The molecule has 4 heteroatoms. The lowest BCUT2D eigenvalue weighted by Crippen LogP contribution is -2.35. The third kappa shape index (κ3) is 4.08. The van der Waals surface area contributed by atoms with Crippen molar-refractivity contribution in [2.45, 2.75) is 19.3 Å². The molecule has 0 aromatic heterocycles. The molecule has 1 amide bonds. The van der Waals surface area contributed by atoms with Gasteiger partial charge in [0, 0.05) is 13.1 Å². The van der Waals surface area contributed by atoms with E-state index in [0.717, 1.165) is 57.3 Å². The Balaban J connectivity index is 1.37. The van der Waals surface area contributed by atoms with E-state index in [1.807, 2.05) is 23.1 Å². The second kappa shape index (κ2) is 7.75. The van der Waals surface area contributed by atoms with Crippen molar-refractivity contribution in [3.05, 3.63) is 35.9 Å². The Labute approximate surface area is 132 Å². The highest BCUT2D eigenvalue weighted by Crippen LogP contribution is 2.27. The van der Waals surface area contributed by atoms with Crippen LogP contribution in [0.25, 0.3) is 0 Å². The minimum Gasteiger partial charge on any atom is -0.371 e. The van der Waals surface area contributed by atoms with E-state index in [1.165, 1.54) is 5.56 Å². The molecule has 22 heavy (non-hydrogen) atoms. The molecule has 0 bridgehead atoms. The van der Waals surface area contributed by atoms with Gasteiger partial charge in [-0.1, -0.05) is 30.3 Å². The first-order valence-electron chi connectivity index (χ1n) is 8.43. The smallest absolute Gasteiger partial charge is 0.248 e. The molecule has 0 aliphatic carbocycles. The second-order valence-electron chi connectivity index (χ2n) is 6.42. The van der Waals surface area contributed by atoms with Crippen LogP contribution < -0.4 is 5.32 Å². The summed E-state index contributed by atoms with van der Waals surface area (Å²) in [6, 6.07) is 10.3. The van der Waals surface area contributed by atoms with Crippen molar-refractivity contribution in [1.82, 2.24) is 10.2 Å². The van der Waals surface area contributed by atoms with E-state index in [0.29, 0.717) is 6.61 Å². The molecular formula is C18H26N2O2. The van der Waals surface area contributed by atoms with E-state index in [9.17, 15) is 4.79 Å². The second-order valence-corrected chi connectivity index (χ2v) is 6.42. The molecule has 0 radical (unpaired) electrons. The molecule has 0 spiro atoms. The minimum atomic E-state index is 0.154. The standard InChI is InChI=1S/C18H26N2O2/c21-18(14-22-11-8-15-4-2-1-3-5-15)20-9-6-16-12-19-13-17(16)7-10-20/h1-5,16-17,19H,6-14H2/t16-,17+. The van der Waals surface area contributed by atoms with E-state index in [4.69, 9.17) is 4.74 Å². The van der Waals surface area contributed by atoms with Gasteiger partial charge in [0.15, 0.2) is 0 Å². The van der Waals surface area contributed by atoms with E-state index in [2.05, 4.69) is 17.4 Å². The van der Waals surface area contributed by atoms with Gasteiger partial charge in [0.2, 0.25) is 5.91 Å². The van der Waals surface area contributed by atoms with Gasteiger partial charge in [-0.3, -0.25) is 4.79 Å². The van der Waals surface area contributed by atoms with Crippen molar-refractivity contribution >= 4 is 5.91 Å². The molecule has 1 aromatic rings. The number of carbonyl (C=O) groups is 1. The van der Waals surface area contributed by atoms with Crippen molar-refractivity contribution in [2.75, 3.05) is 39.4 Å². The van der Waals surface area contributed by atoms with Crippen molar-refractivity contribution in [3.63, 3.8) is 0 Å². The van der Waals surface area contributed by atoms with Crippen LogP contribution in [0, 0.1) is 11.8 Å². The van der Waals surface area contributed by atoms with E-state index < -0.39 is 0 Å². The van der Waals surface area contributed by atoms with Crippen LogP contribution >= 0.6 is 0 Å². The summed E-state index contributed by atoms with van der Waals surface area (Å²) in [6.07, 6.45) is 3.13. The zero-order chi connectivity index (χ0) is 15.2. The molecule has 1 N–H and O–H groups in total. The van der Waals surface area contributed by atoms with Gasteiger partial charge in [-0.2, -0.15) is 0 Å². The summed E-state index contributed by atoms with van der Waals surface area (Å²) in [6.45, 7) is 4.87. The fraction of sp³-hybridized carbons (Fsp3) is 0.611. The SMILES string of the molecule is O=C(COCCc1ccccc1)N1CC[C@@H]2CNC[C@@H]2CC1. The Kier molecular flexibility index (Phi) is 5.46. The molecule has 0 unspecified atom stereocenters. The van der Waals surface area contributed by atoms with Gasteiger partial charge in [0.25, 0.3) is 0 Å². The van der Waals surface area contributed by atoms with Crippen molar-refractivity contribution in [1.29, 1.82) is 0 Å². The van der Waals surface area contributed by atoms with Crippen LogP contribution in [0.3, 0.4) is 0 Å². The number of nitrogens with one attached hydrogen (secondary N) is 1. The molecular weight excluding hydrogens is 276 g/mol. The Hall–Kier alpha value is -1.39. The summed E-state index contributed by atoms with van der Waals surface area (Å²) >= 11 is 0. The van der Waals surface area contributed by atoms with E-state index in [-0.39, 0.29) is 12.5 Å². The lowest BCUT2D eigenvalue weighted by atomic mass is 9.92. The van der Waals surface area contributed by atoms with Crippen LogP contribution in [0.4, 0.5) is 0 Å². The maximum atomic E-state index is 12.3. The first-order valence-corrected chi connectivity index (χ1v) is 8.43. The number of carbonyl (C=O) groups excluding carboxylic acids is 1. The number of ether oxygens (including phenoxy) is 1. The Morgan fingerprint density at radius 1 is 1.14 bits per heavy atom. The number of hydrogen-bond donors (Lipinski definition) is 1. The number of amides is 1. The largest absolute Gasteiger partial charge is 0.371 e. The van der Waals surface area contributed by atoms with Gasteiger partial charge in [0.05, 0.1) is 6.61 Å². The monoisotopic (exact) mass is 302 g/mol. The van der Waals surface area contributed by atoms with Crippen molar-refractivity contribution in [2.24, 2.45) is 11.8 Å². The molecule has 2 heterocycles. The first kappa shape index (κ1) is 15.5. The van der Waals surface area contributed by atoms with Gasteiger partial charge in [-0.05, 0) is 49.8 Å². The van der Waals surface area contributed by atoms with Crippen LogP contribution in [0.2, 0.25) is 0 Å². The topological polar surface area (TPSA) is 41.6 Å². The lowest BCUT2D eigenvalue weighted by molar-refractivity contribution is -0.136. The summed E-state index contributed by atoms with van der Waals surface area (Å²) < 4.78 is 5.58. The van der Waals surface area contributed by atoms with Gasteiger partial charge in [-0.25, -0.2) is 0 Å². The van der Waals surface area contributed by atoms with Crippen LogP contribution in [0.1, 0.15) is 18.4 Å². The Morgan fingerprint density at radius 3 is 2.50 bits per heavy atom. The number of likely N-dealkylation sites (tertiary alicyclic amines) is 1.